The molecule has 1 atom stereocenters. The SMILES string of the molecule is CC(C)c1ccc(C2/C(=C(\O)c3ccc4c(c3)OCCO4)C(=O)C(=O)N2c2nnc(SCc3ccc(Cl)cc3Cl)s2)cc1. The van der Waals surface area contributed by atoms with E-state index in [-0.39, 0.29) is 22.4 Å². The highest BCUT2D eigenvalue weighted by Crippen LogP contribution is 2.45. The molecule has 0 spiro atoms. The van der Waals surface area contributed by atoms with Gasteiger partial charge in [-0.2, -0.15) is 0 Å². The summed E-state index contributed by atoms with van der Waals surface area (Å²) in [5.74, 6) is -0.138. The van der Waals surface area contributed by atoms with E-state index >= 15 is 0 Å². The minimum atomic E-state index is -0.925. The molecule has 0 saturated carbocycles. The molecule has 2 aliphatic heterocycles. The number of rotatable bonds is 7. The van der Waals surface area contributed by atoms with Crippen molar-refractivity contribution in [2.24, 2.45) is 0 Å². The molecule has 1 saturated heterocycles. The molecule has 1 N–H and O–H groups in total. The second kappa shape index (κ2) is 12.2. The van der Waals surface area contributed by atoms with Crippen LogP contribution in [0.1, 0.15) is 48.1 Å². The Morgan fingerprint density at radius 3 is 2.49 bits per heavy atom. The van der Waals surface area contributed by atoms with Crippen LogP contribution in [-0.4, -0.2) is 40.2 Å². The van der Waals surface area contributed by atoms with Crippen LogP contribution in [0.2, 0.25) is 10.0 Å². The molecule has 12 heteroatoms. The van der Waals surface area contributed by atoms with Crippen LogP contribution in [0.25, 0.3) is 5.76 Å². The number of ether oxygens (including phenoxy) is 2. The van der Waals surface area contributed by atoms with Gasteiger partial charge in [-0.25, -0.2) is 0 Å². The number of hydrogen-bond donors (Lipinski definition) is 1. The highest BCUT2D eigenvalue weighted by molar-refractivity contribution is 8.00. The fourth-order valence-electron chi connectivity index (χ4n) is 4.89. The molecular weight excluding hydrogens is 629 g/mol. The molecule has 1 aromatic heterocycles. The Labute approximate surface area is 266 Å². The fraction of sp³-hybridized carbons (Fsp3) is 0.226. The molecule has 1 fully saturated rings. The molecule has 3 aromatic carbocycles. The monoisotopic (exact) mass is 653 g/mol. The molecule has 1 unspecified atom stereocenters. The van der Waals surface area contributed by atoms with Crippen LogP contribution in [0.3, 0.4) is 0 Å². The van der Waals surface area contributed by atoms with Gasteiger partial charge in [0.05, 0.1) is 11.6 Å². The number of benzene rings is 3. The number of anilines is 1. The van der Waals surface area contributed by atoms with Gasteiger partial charge in [-0.1, -0.05) is 90.5 Å². The Morgan fingerprint density at radius 1 is 1.02 bits per heavy atom. The van der Waals surface area contributed by atoms with E-state index in [1.165, 1.54) is 28.0 Å². The number of carbonyl (C=O) groups is 2. The highest BCUT2D eigenvalue weighted by Gasteiger charge is 2.48. The minimum absolute atomic E-state index is 0.0451. The zero-order chi connectivity index (χ0) is 30.2. The van der Waals surface area contributed by atoms with Gasteiger partial charge in [0.25, 0.3) is 5.78 Å². The third-order valence-electron chi connectivity index (χ3n) is 7.15. The van der Waals surface area contributed by atoms with E-state index < -0.39 is 17.7 Å². The molecule has 43 heavy (non-hydrogen) atoms. The molecule has 2 aliphatic rings. The van der Waals surface area contributed by atoms with Gasteiger partial charge < -0.3 is 14.6 Å². The molecule has 4 aromatic rings. The van der Waals surface area contributed by atoms with E-state index in [1.54, 1.807) is 30.3 Å². The predicted molar refractivity (Wildman–Crippen MR) is 169 cm³/mol. The lowest BCUT2D eigenvalue weighted by Gasteiger charge is -2.23. The second-order valence-corrected chi connectivity index (χ2v) is 13.2. The van der Waals surface area contributed by atoms with Gasteiger partial charge in [0, 0.05) is 21.4 Å². The van der Waals surface area contributed by atoms with Gasteiger partial charge in [-0.3, -0.25) is 14.5 Å². The maximum atomic E-state index is 13.6. The molecule has 8 nitrogen and oxygen atoms in total. The van der Waals surface area contributed by atoms with Crippen molar-refractivity contribution in [3.63, 3.8) is 0 Å². The van der Waals surface area contributed by atoms with E-state index in [0.29, 0.717) is 56.0 Å². The molecule has 0 radical (unpaired) electrons. The Hall–Kier alpha value is -3.57. The number of aliphatic hydroxyl groups excluding tert-OH is 1. The number of aromatic nitrogens is 2. The number of halogens is 2. The van der Waals surface area contributed by atoms with Crippen LogP contribution in [0, 0.1) is 0 Å². The van der Waals surface area contributed by atoms with Crippen LogP contribution in [-0.2, 0) is 15.3 Å². The summed E-state index contributed by atoms with van der Waals surface area (Å²) in [5, 5.41) is 21.4. The lowest BCUT2D eigenvalue weighted by molar-refractivity contribution is -0.132. The van der Waals surface area contributed by atoms with Crippen molar-refractivity contribution >= 4 is 68.9 Å². The van der Waals surface area contributed by atoms with Crippen molar-refractivity contribution < 1.29 is 24.2 Å². The van der Waals surface area contributed by atoms with E-state index in [9.17, 15) is 14.7 Å². The molecule has 1 amide bonds. The number of amides is 1. The predicted octanol–water partition coefficient (Wildman–Crippen LogP) is 7.66. The Bertz CT molecular complexity index is 1760. The maximum Gasteiger partial charge on any atom is 0.301 e. The largest absolute Gasteiger partial charge is 0.507 e. The molecule has 0 aliphatic carbocycles. The number of Topliss-reactive ketones (excluding diaryl/α,β-unsaturated/α-hetero) is 1. The average molecular weight is 655 g/mol. The first-order chi connectivity index (χ1) is 20.7. The highest BCUT2D eigenvalue weighted by atomic mass is 35.5. The van der Waals surface area contributed by atoms with Gasteiger partial charge >= 0.3 is 5.91 Å². The smallest absolute Gasteiger partial charge is 0.301 e. The summed E-state index contributed by atoms with van der Waals surface area (Å²) < 4.78 is 11.9. The standard InChI is InChI=1S/C31H25Cl2N3O5S2/c1-16(2)17-3-5-18(6-4-17)26-25(27(37)19-8-10-23-24(13-19)41-12-11-40-23)28(38)29(39)36(26)30-34-35-31(43-30)42-15-20-7-9-21(32)14-22(20)33/h3-10,13-14,16,26,37H,11-12,15H2,1-2H3/b27-25+. The number of thioether (sulfide) groups is 1. The summed E-state index contributed by atoms with van der Waals surface area (Å²) in [6.45, 7) is 4.96. The van der Waals surface area contributed by atoms with Crippen LogP contribution >= 0.6 is 46.3 Å². The normalized spacial score (nSPS) is 17.6. The maximum absolute atomic E-state index is 13.6. The number of hydrogen-bond acceptors (Lipinski definition) is 9. The van der Waals surface area contributed by atoms with Crippen LogP contribution in [0.5, 0.6) is 11.5 Å². The third kappa shape index (κ3) is 5.84. The Morgan fingerprint density at radius 2 is 1.77 bits per heavy atom. The zero-order valence-corrected chi connectivity index (χ0v) is 26.2. The number of ketones is 1. The van der Waals surface area contributed by atoms with Gasteiger partial charge in [0.15, 0.2) is 15.8 Å². The van der Waals surface area contributed by atoms with Crippen LogP contribution in [0.15, 0.2) is 70.6 Å². The molecule has 3 heterocycles. The van der Waals surface area contributed by atoms with Crippen molar-refractivity contribution in [3.8, 4) is 11.5 Å². The summed E-state index contributed by atoms with van der Waals surface area (Å²) in [6.07, 6.45) is 0. The number of carbonyl (C=O) groups excluding carboxylic acids is 2. The molecular formula is C31H25Cl2N3O5S2. The minimum Gasteiger partial charge on any atom is -0.507 e. The number of nitrogens with zero attached hydrogens (tertiary/aromatic N) is 3. The van der Waals surface area contributed by atoms with Crippen molar-refractivity contribution in [1.29, 1.82) is 0 Å². The van der Waals surface area contributed by atoms with E-state index in [2.05, 4.69) is 24.0 Å². The first-order valence-electron chi connectivity index (χ1n) is 13.4. The zero-order valence-electron chi connectivity index (χ0n) is 23.0. The van der Waals surface area contributed by atoms with Gasteiger partial charge in [-0.05, 0) is 52.9 Å². The molecule has 0 bridgehead atoms. The van der Waals surface area contributed by atoms with Crippen molar-refractivity contribution in [1.82, 2.24) is 10.2 Å². The topological polar surface area (TPSA) is 102 Å². The molecule has 6 rings (SSSR count). The van der Waals surface area contributed by atoms with Crippen LogP contribution < -0.4 is 14.4 Å². The summed E-state index contributed by atoms with van der Waals surface area (Å²) in [7, 11) is 0. The van der Waals surface area contributed by atoms with E-state index in [0.717, 1.165) is 11.1 Å². The Kier molecular flexibility index (Phi) is 8.37. The summed E-state index contributed by atoms with van der Waals surface area (Å²) in [4.78, 5) is 28.5. The lowest BCUT2D eigenvalue weighted by Crippen LogP contribution is -2.29. The lowest BCUT2D eigenvalue weighted by atomic mass is 9.93. The average Bonchev–Trinajstić information content (AvgIpc) is 3.57. The molecule has 220 valence electrons. The van der Waals surface area contributed by atoms with Crippen molar-refractivity contribution in [2.45, 2.75) is 35.9 Å². The van der Waals surface area contributed by atoms with E-state index in [1.807, 2.05) is 30.3 Å². The first-order valence-corrected chi connectivity index (χ1v) is 16.0. The summed E-state index contributed by atoms with van der Waals surface area (Å²) >= 11 is 14.9. The van der Waals surface area contributed by atoms with Crippen molar-refractivity contribution in [2.75, 3.05) is 18.1 Å². The fourth-order valence-corrected chi connectivity index (χ4v) is 7.32. The van der Waals surface area contributed by atoms with Gasteiger partial charge in [-0.15, -0.1) is 10.2 Å². The van der Waals surface area contributed by atoms with Gasteiger partial charge in [0.1, 0.15) is 19.0 Å². The third-order valence-corrected chi connectivity index (χ3v) is 9.84. The van der Waals surface area contributed by atoms with E-state index in [4.69, 9.17) is 32.7 Å². The first kappa shape index (κ1) is 29.5. The summed E-state index contributed by atoms with van der Waals surface area (Å²) in [5.41, 5.74) is 2.91. The van der Waals surface area contributed by atoms with Crippen LogP contribution in [0.4, 0.5) is 5.13 Å². The number of aliphatic hydroxyl groups is 1. The summed E-state index contributed by atoms with van der Waals surface area (Å²) in [6, 6.07) is 16.9. The van der Waals surface area contributed by atoms with Gasteiger partial charge in [0.2, 0.25) is 5.13 Å². The van der Waals surface area contributed by atoms with Crippen molar-refractivity contribution in [3.05, 3.63) is 98.5 Å². The quantitative estimate of drug-likeness (QED) is 0.0713. The second-order valence-electron chi connectivity index (χ2n) is 10.2. The number of fused-ring (bicyclic) bond motifs is 1. The Balaban J connectivity index is 1.39.